The fourth-order valence-electron chi connectivity index (χ4n) is 0.533. The predicted octanol–water partition coefficient (Wildman–Crippen LogP) is 1.46. The molecule has 0 saturated heterocycles. The molecule has 0 fully saturated rings. The zero-order valence-corrected chi connectivity index (χ0v) is 5.70. The van der Waals surface area contributed by atoms with Crippen LogP contribution in [-0.2, 0) is 4.79 Å². The van der Waals surface area contributed by atoms with Crippen LogP contribution in [0.25, 0.3) is 0 Å². The van der Waals surface area contributed by atoms with Gasteiger partial charge in [-0.15, -0.1) is 11.8 Å². The minimum Gasteiger partial charge on any atom is -0.459 e. The van der Waals surface area contributed by atoms with E-state index >= 15 is 0 Å². The molecule has 0 bridgehead atoms. The zero-order valence-electron chi connectivity index (χ0n) is 4.88. The molecule has 1 rings (SSSR count). The number of carbonyl (C=O) groups excluding carboxylic acids is 1. The molecule has 2 nitrogen and oxygen atoms in total. The molecular weight excluding hydrogens is 136 g/mol. The first-order valence-electron chi connectivity index (χ1n) is 2.38. The molecule has 0 unspecified atom stereocenters. The number of furan rings is 1. The smallest absolute Gasteiger partial charge is 0.273 e. The lowest BCUT2D eigenvalue weighted by Gasteiger charge is -1.84. The molecule has 47 valence electrons. The number of thioether (sulfide) groups is 1. The predicted molar refractivity (Wildman–Crippen MR) is 35.3 cm³/mol. The summed E-state index contributed by atoms with van der Waals surface area (Å²) in [5, 5.41) is 0. The van der Waals surface area contributed by atoms with Crippen LogP contribution in [-0.4, -0.2) is 12.5 Å². The fraction of sp³-hybridized carbons (Fsp3) is 0.167. The molecule has 0 aliphatic heterocycles. The molecule has 1 radical (unpaired) electrons. The third kappa shape index (κ3) is 1.16. The molecule has 1 heterocycles. The van der Waals surface area contributed by atoms with Crippen LogP contribution in [0.15, 0.2) is 21.6 Å². The van der Waals surface area contributed by atoms with E-state index in [1.165, 1.54) is 18.0 Å². The van der Waals surface area contributed by atoms with Crippen molar-refractivity contribution in [3.05, 3.63) is 18.1 Å². The lowest BCUT2D eigenvalue weighted by atomic mass is 10.5. The van der Waals surface area contributed by atoms with Crippen molar-refractivity contribution in [1.82, 2.24) is 0 Å². The monoisotopic (exact) mass is 141 g/mol. The van der Waals surface area contributed by atoms with Gasteiger partial charge in [-0.3, -0.25) is 4.79 Å². The molecular formula is C6H5O2S. The summed E-state index contributed by atoms with van der Waals surface area (Å²) in [4.78, 5) is 10.9. The Morgan fingerprint density at radius 2 is 2.56 bits per heavy atom. The number of hydrogen-bond acceptors (Lipinski definition) is 3. The van der Waals surface area contributed by atoms with Gasteiger partial charge in [0, 0.05) is 0 Å². The summed E-state index contributed by atoms with van der Waals surface area (Å²) in [5.41, 5.74) is 0. The van der Waals surface area contributed by atoms with Crippen molar-refractivity contribution >= 4 is 18.0 Å². The first-order valence-corrected chi connectivity index (χ1v) is 3.60. The molecule has 3 heteroatoms. The minimum absolute atomic E-state index is 0.294. The SMILES string of the molecule is CSc1ccoc1[C]=O. The molecule has 0 aliphatic carbocycles. The number of rotatable bonds is 2. The topological polar surface area (TPSA) is 30.2 Å². The van der Waals surface area contributed by atoms with Crippen LogP contribution < -0.4 is 0 Å². The summed E-state index contributed by atoms with van der Waals surface area (Å²) in [5.74, 6) is 0.294. The van der Waals surface area contributed by atoms with Crippen LogP contribution in [0.4, 0.5) is 0 Å². The van der Waals surface area contributed by atoms with Gasteiger partial charge in [0.15, 0.2) is 5.76 Å². The Labute approximate surface area is 57.2 Å². The third-order valence-electron chi connectivity index (χ3n) is 0.942. The largest absolute Gasteiger partial charge is 0.459 e. The first kappa shape index (κ1) is 6.42. The summed E-state index contributed by atoms with van der Waals surface area (Å²) in [7, 11) is 0. The van der Waals surface area contributed by atoms with E-state index in [0.717, 1.165) is 4.90 Å². The molecule has 0 N–H and O–H groups in total. The Kier molecular flexibility index (Phi) is 1.95. The molecule has 1 aromatic rings. The summed E-state index contributed by atoms with van der Waals surface area (Å²) in [6, 6.07) is 1.74. The second-order valence-corrected chi connectivity index (χ2v) is 2.27. The van der Waals surface area contributed by atoms with E-state index in [1.807, 2.05) is 6.26 Å². The highest BCUT2D eigenvalue weighted by Crippen LogP contribution is 2.18. The quantitative estimate of drug-likeness (QED) is 0.584. The van der Waals surface area contributed by atoms with Crippen molar-refractivity contribution in [3.63, 3.8) is 0 Å². The van der Waals surface area contributed by atoms with E-state index in [1.54, 1.807) is 12.4 Å². The highest BCUT2D eigenvalue weighted by Gasteiger charge is 2.02. The van der Waals surface area contributed by atoms with Gasteiger partial charge in [-0.25, -0.2) is 0 Å². The van der Waals surface area contributed by atoms with Gasteiger partial charge in [0.25, 0.3) is 6.29 Å². The van der Waals surface area contributed by atoms with Crippen molar-refractivity contribution in [2.45, 2.75) is 4.90 Å². The van der Waals surface area contributed by atoms with Crippen LogP contribution >= 0.6 is 11.8 Å². The van der Waals surface area contributed by atoms with Crippen LogP contribution in [0.3, 0.4) is 0 Å². The van der Waals surface area contributed by atoms with Crippen LogP contribution in [0.2, 0.25) is 0 Å². The standard InChI is InChI=1S/C6H5O2S/c1-9-6-2-3-8-5(6)4-7/h2-3H,1H3. The second-order valence-electron chi connectivity index (χ2n) is 1.42. The van der Waals surface area contributed by atoms with Gasteiger partial charge >= 0.3 is 0 Å². The van der Waals surface area contributed by atoms with Gasteiger partial charge in [-0.1, -0.05) is 0 Å². The average Bonchev–Trinajstić information content (AvgIpc) is 2.33. The maximum absolute atomic E-state index is 10.0. The Bertz CT molecular complexity index is 205. The lowest BCUT2D eigenvalue weighted by Crippen LogP contribution is -1.74. The van der Waals surface area contributed by atoms with Gasteiger partial charge < -0.3 is 4.42 Å². The maximum atomic E-state index is 10.0. The van der Waals surface area contributed by atoms with Gasteiger partial charge in [0.2, 0.25) is 0 Å². The first-order chi connectivity index (χ1) is 4.38. The second kappa shape index (κ2) is 2.73. The van der Waals surface area contributed by atoms with E-state index < -0.39 is 0 Å². The molecule has 1 aromatic heterocycles. The van der Waals surface area contributed by atoms with Gasteiger partial charge in [0.05, 0.1) is 11.2 Å². The summed E-state index contributed by atoms with van der Waals surface area (Å²) >= 11 is 1.47. The molecule has 0 spiro atoms. The van der Waals surface area contributed by atoms with E-state index in [2.05, 4.69) is 0 Å². The molecule has 0 aliphatic rings. The van der Waals surface area contributed by atoms with Gasteiger partial charge in [-0.05, 0) is 12.3 Å². The van der Waals surface area contributed by atoms with E-state index in [-0.39, 0.29) is 0 Å². The van der Waals surface area contributed by atoms with Crippen LogP contribution in [0, 0.1) is 0 Å². The van der Waals surface area contributed by atoms with Crippen molar-refractivity contribution in [2.24, 2.45) is 0 Å². The number of hydrogen-bond donors (Lipinski definition) is 0. The van der Waals surface area contributed by atoms with Crippen molar-refractivity contribution in [1.29, 1.82) is 0 Å². The van der Waals surface area contributed by atoms with Gasteiger partial charge in [-0.2, -0.15) is 0 Å². The van der Waals surface area contributed by atoms with Crippen LogP contribution in [0.1, 0.15) is 5.76 Å². The van der Waals surface area contributed by atoms with Gasteiger partial charge in [0.1, 0.15) is 0 Å². The Morgan fingerprint density at radius 3 is 3.00 bits per heavy atom. The van der Waals surface area contributed by atoms with Crippen molar-refractivity contribution in [3.8, 4) is 0 Å². The summed E-state index contributed by atoms with van der Waals surface area (Å²) in [6.45, 7) is 0. The maximum Gasteiger partial charge on any atom is 0.273 e. The summed E-state index contributed by atoms with van der Waals surface area (Å²) < 4.78 is 4.76. The van der Waals surface area contributed by atoms with E-state index in [0.29, 0.717) is 5.76 Å². The Morgan fingerprint density at radius 1 is 1.78 bits per heavy atom. The fourth-order valence-corrected chi connectivity index (χ4v) is 1.000. The van der Waals surface area contributed by atoms with Crippen LogP contribution in [0.5, 0.6) is 0 Å². The third-order valence-corrected chi connectivity index (χ3v) is 1.70. The lowest BCUT2D eigenvalue weighted by molar-refractivity contribution is 0.513. The van der Waals surface area contributed by atoms with Crippen molar-refractivity contribution in [2.75, 3.05) is 6.26 Å². The molecule has 0 saturated carbocycles. The molecule has 9 heavy (non-hydrogen) atoms. The normalized spacial score (nSPS) is 9.44. The van der Waals surface area contributed by atoms with E-state index in [4.69, 9.17) is 4.42 Å². The highest BCUT2D eigenvalue weighted by atomic mass is 32.2. The summed E-state index contributed by atoms with van der Waals surface area (Å²) in [6.07, 6.45) is 5.05. The molecule has 0 aromatic carbocycles. The van der Waals surface area contributed by atoms with Crippen molar-refractivity contribution < 1.29 is 9.21 Å². The molecule has 0 atom stereocenters. The molecule has 0 amide bonds. The Balaban J connectivity index is 2.98. The zero-order chi connectivity index (χ0) is 6.69. The highest BCUT2D eigenvalue weighted by molar-refractivity contribution is 7.98. The van der Waals surface area contributed by atoms with E-state index in [9.17, 15) is 4.79 Å². The average molecular weight is 141 g/mol. The minimum atomic E-state index is 0.294. The Hall–Kier alpha value is -0.700.